The Hall–Kier alpha value is -1.58. The van der Waals surface area contributed by atoms with Gasteiger partial charge in [-0.15, -0.1) is 0 Å². The second-order valence-electron chi connectivity index (χ2n) is 6.32. The van der Waals surface area contributed by atoms with Gasteiger partial charge in [-0.3, -0.25) is 4.79 Å². The fourth-order valence-electron chi connectivity index (χ4n) is 3.52. The van der Waals surface area contributed by atoms with E-state index in [-0.39, 0.29) is 18.4 Å². The molecular weight excluding hydrogens is 269 g/mol. The van der Waals surface area contributed by atoms with E-state index in [2.05, 4.69) is 11.4 Å². The summed E-state index contributed by atoms with van der Waals surface area (Å²) >= 11 is 0. The van der Waals surface area contributed by atoms with Crippen LogP contribution in [-0.4, -0.2) is 24.7 Å². The first-order chi connectivity index (χ1) is 10.1. The zero-order valence-corrected chi connectivity index (χ0v) is 12.6. The highest BCUT2D eigenvalue weighted by molar-refractivity contribution is 5.81. The summed E-state index contributed by atoms with van der Waals surface area (Å²) in [5.74, 6) is 0.606. The number of nitrogens with one attached hydrogen (secondary N) is 1. The predicted molar refractivity (Wildman–Crippen MR) is 79.5 cm³/mol. The van der Waals surface area contributed by atoms with E-state index >= 15 is 0 Å². The van der Waals surface area contributed by atoms with Crippen LogP contribution >= 0.6 is 0 Å². The molecule has 2 atom stereocenters. The molecule has 1 aliphatic carbocycles. The molecule has 1 aromatic rings. The Morgan fingerprint density at radius 1 is 1.43 bits per heavy atom. The van der Waals surface area contributed by atoms with Gasteiger partial charge in [-0.05, 0) is 56.2 Å². The Balaban J connectivity index is 1.76. The van der Waals surface area contributed by atoms with Gasteiger partial charge in [-0.2, -0.15) is 0 Å². The molecular formula is C17H22FNO2. The molecule has 2 unspecified atom stereocenters. The number of hydrogen-bond acceptors (Lipinski definition) is 2. The number of benzene rings is 1. The molecule has 2 aliphatic rings. The fraction of sp³-hybridized carbons (Fsp3) is 0.588. The highest BCUT2D eigenvalue weighted by Crippen LogP contribution is 2.43. The molecule has 0 saturated carbocycles. The maximum Gasteiger partial charge on any atom is 0.254 e. The number of carbonyl (C=O) groups is 1. The largest absolute Gasteiger partial charge is 0.493 e. The van der Waals surface area contributed by atoms with Crippen LogP contribution in [0.1, 0.15) is 49.3 Å². The average molecular weight is 291 g/mol. The van der Waals surface area contributed by atoms with Crippen molar-refractivity contribution in [3.63, 3.8) is 0 Å². The monoisotopic (exact) mass is 291 g/mol. The molecule has 3 nitrogen and oxygen atoms in total. The van der Waals surface area contributed by atoms with Gasteiger partial charge in [0.1, 0.15) is 5.75 Å². The second kappa shape index (κ2) is 5.66. The van der Waals surface area contributed by atoms with E-state index in [0.717, 1.165) is 25.0 Å². The lowest BCUT2D eigenvalue weighted by atomic mass is 9.90. The number of halogens is 1. The van der Waals surface area contributed by atoms with Crippen molar-refractivity contribution in [1.82, 2.24) is 5.32 Å². The Morgan fingerprint density at radius 2 is 2.24 bits per heavy atom. The van der Waals surface area contributed by atoms with Crippen molar-refractivity contribution in [3.8, 4) is 5.75 Å². The summed E-state index contributed by atoms with van der Waals surface area (Å²) in [5, 5.41) is 2.65. The van der Waals surface area contributed by atoms with Gasteiger partial charge < -0.3 is 10.1 Å². The van der Waals surface area contributed by atoms with Crippen LogP contribution in [0, 0.1) is 0 Å². The van der Waals surface area contributed by atoms with Gasteiger partial charge in [0.15, 0.2) is 6.17 Å². The van der Waals surface area contributed by atoms with Gasteiger partial charge in [0.25, 0.3) is 5.91 Å². The van der Waals surface area contributed by atoms with Gasteiger partial charge in [0, 0.05) is 18.0 Å². The summed E-state index contributed by atoms with van der Waals surface area (Å²) in [6.45, 7) is 4.41. The summed E-state index contributed by atoms with van der Waals surface area (Å²) < 4.78 is 19.8. The summed E-state index contributed by atoms with van der Waals surface area (Å²) in [4.78, 5) is 11.8. The van der Waals surface area contributed by atoms with Crippen molar-refractivity contribution < 1.29 is 13.9 Å². The van der Waals surface area contributed by atoms with Crippen LogP contribution in [0.25, 0.3) is 0 Å². The van der Waals surface area contributed by atoms with Crippen molar-refractivity contribution in [3.05, 3.63) is 28.8 Å². The molecule has 1 aromatic carbocycles. The lowest BCUT2D eigenvalue weighted by molar-refractivity contribution is -0.126. The maximum atomic E-state index is 14.2. The number of aryl methyl sites for hydroxylation is 1. The minimum atomic E-state index is -1.43. The number of hydrogen-bond donors (Lipinski definition) is 1. The van der Waals surface area contributed by atoms with E-state index in [4.69, 9.17) is 4.74 Å². The number of amides is 1. The van der Waals surface area contributed by atoms with Gasteiger partial charge in [0.2, 0.25) is 0 Å². The summed E-state index contributed by atoms with van der Waals surface area (Å²) in [7, 11) is 0. The van der Waals surface area contributed by atoms with Crippen LogP contribution in [-0.2, 0) is 17.6 Å². The van der Waals surface area contributed by atoms with Crippen LogP contribution in [0.5, 0.6) is 5.75 Å². The first-order valence-electron chi connectivity index (χ1n) is 7.78. The number of ether oxygens (including phenoxy) is 1. The van der Waals surface area contributed by atoms with Gasteiger partial charge in [-0.25, -0.2) is 4.39 Å². The second-order valence-corrected chi connectivity index (χ2v) is 6.32. The molecule has 4 heteroatoms. The fourth-order valence-corrected chi connectivity index (χ4v) is 3.52. The third-order valence-corrected chi connectivity index (χ3v) is 4.39. The van der Waals surface area contributed by atoms with Crippen molar-refractivity contribution >= 4 is 5.91 Å². The molecule has 0 aromatic heterocycles. The maximum absolute atomic E-state index is 14.2. The quantitative estimate of drug-likeness (QED) is 0.926. The van der Waals surface area contributed by atoms with E-state index in [0.29, 0.717) is 6.61 Å². The standard InChI is InChI=1S/C17H22FNO2/c1-10(2)19-17(20)14(18)9-12-4-3-11-5-6-15-13(16(11)12)7-8-21-15/h5-6,10,12,14H,3-4,7-9H2,1-2H3,(H,19,20). The Bertz CT molecular complexity index is 556. The molecule has 0 bridgehead atoms. The first-order valence-corrected chi connectivity index (χ1v) is 7.78. The predicted octanol–water partition coefficient (Wildman–Crippen LogP) is 2.90. The minimum absolute atomic E-state index is 0.0238. The Kier molecular flexibility index (Phi) is 3.87. The van der Waals surface area contributed by atoms with Crippen LogP contribution < -0.4 is 10.1 Å². The van der Waals surface area contributed by atoms with E-state index < -0.39 is 12.1 Å². The average Bonchev–Trinajstić information content (AvgIpc) is 3.03. The minimum Gasteiger partial charge on any atom is -0.493 e. The molecule has 3 rings (SSSR count). The molecule has 0 saturated heterocycles. The Labute approximate surface area is 124 Å². The third kappa shape index (κ3) is 2.76. The summed E-state index contributed by atoms with van der Waals surface area (Å²) in [6.07, 6.45) is 1.67. The molecule has 0 fully saturated rings. The molecule has 114 valence electrons. The van der Waals surface area contributed by atoms with Crippen LogP contribution in [0.4, 0.5) is 4.39 Å². The highest BCUT2D eigenvalue weighted by atomic mass is 19.1. The zero-order chi connectivity index (χ0) is 15.0. The Morgan fingerprint density at radius 3 is 3.00 bits per heavy atom. The molecule has 1 heterocycles. The summed E-state index contributed by atoms with van der Waals surface area (Å²) in [6, 6.07) is 4.10. The first kappa shape index (κ1) is 14.4. The van der Waals surface area contributed by atoms with E-state index in [9.17, 15) is 9.18 Å². The third-order valence-electron chi connectivity index (χ3n) is 4.39. The van der Waals surface area contributed by atoms with E-state index in [1.165, 1.54) is 16.7 Å². The normalized spacial score (nSPS) is 20.9. The SMILES string of the molecule is CC(C)NC(=O)C(F)CC1CCc2ccc3c(c21)CCO3. The van der Waals surface area contributed by atoms with Crippen LogP contribution in [0.2, 0.25) is 0 Å². The van der Waals surface area contributed by atoms with Crippen molar-refractivity contribution in [2.24, 2.45) is 0 Å². The molecule has 1 N–H and O–H groups in total. The number of carbonyl (C=O) groups excluding carboxylic acids is 1. The molecule has 1 amide bonds. The molecule has 0 radical (unpaired) electrons. The van der Waals surface area contributed by atoms with E-state index in [1.54, 1.807) is 0 Å². The van der Waals surface area contributed by atoms with Gasteiger partial charge in [-0.1, -0.05) is 6.07 Å². The number of alkyl halides is 1. The van der Waals surface area contributed by atoms with Crippen molar-refractivity contribution in [2.45, 2.75) is 57.7 Å². The van der Waals surface area contributed by atoms with Crippen molar-refractivity contribution in [2.75, 3.05) is 6.61 Å². The zero-order valence-electron chi connectivity index (χ0n) is 12.6. The molecule has 1 aliphatic heterocycles. The van der Waals surface area contributed by atoms with E-state index in [1.807, 2.05) is 19.9 Å². The molecule has 21 heavy (non-hydrogen) atoms. The van der Waals surface area contributed by atoms with Gasteiger partial charge >= 0.3 is 0 Å². The topological polar surface area (TPSA) is 38.3 Å². The van der Waals surface area contributed by atoms with Gasteiger partial charge in [0.05, 0.1) is 6.61 Å². The number of rotatable bonds is 4. The van der Waals surface area contributed by atoms with Crippen molar-refractivity contribution in [1.29, 1.82) is 0 Å². The van der Waals surface area contributed by atoms with Crippen LogP contribution in [0.3, 0.4) is 0 Å². The highest BCUT2D eigenvalue weighted by Gasteiger charge is 2.32. The lowest BCUT2D eigenvalue weighted by Gasteiger charge is -2.18. The lowest BCUT2D eigenvalue weighted by Crippen LogP contribution is -2.37. The summed E-state index contributed by atoms with van der Waals surface area (Å²) in [5.41, 5.74) is 3.80. The number of fused-ring (bicyclic) bond motifs is 3. The van der Waals surface area contributed by atoms with Crippen LogP contribution in [0.15, 0.2) is 12.1 Å². The smallest absolute Gasteiger partial charge is 0.254 e. The molecule has 0 spiro atoms.